The molecule has 0 aliphatic rings. The molecule has 5 N–H and O–H groups in total. The summed E-state index contributed by atoms with van der Waals surface area (Å²) in [7, 11) is -2.17. The highest BCUT2D eigenvalue weighted by molar-refractivity contribution is 7.99. The number of methoxy groups -OCH3 is 1. The van der Waals surface area contributed by atoms with E-state index in [9.17, 15) is 13.2 Å². The van der Waals surface area contributed by atoms with Crippen LogP contribution in [0.25, 0.3) is 16.7 Å². The minimum Gasteiger partial charge on any atom is -0.497 e. The average molecular weight is 528 g/mol. The van der Waals surface area contributed by atoms with Gasteiger partial charge in [0.15, 0.2) is 10.8 Å². The van der Waals surface area contributed by atoms with E-state index in [1.165, 1.54) is 23.9 Å². The molecule has 2 aromatic heterocycles. The highest BCUT2D eigenvalue weighted by Crippen LogP contribution is 2.23. The lowest BCUT2D eigenvalue weighted by Crippen LogP contribution is -2.28. The average Bonchev–Trinajstić information content (AvgIpc) is 3.23. The maximum Gasteiger partial charge on any atom is 0.238 e. The van der Waals surface area contributed by atoms with E-state index in [1.54, 1.807) is 29.9 Å². The molecule has 0 bridgehead atoms. The molecule has 188 valence electrons. The van der Waals surface area contributed by atoms with Gasteiger partial charge in [0.1, 0.15) is 11.2 Å². The summed E-state index contributed by atoms with van der Waals surface area (Å²) in [6.07, 6.45) is 0.527. The van der Waals surface area contributed by atoms with Crippen molar-refractivity contribution in [1.82, 2.24) is 25.1 Å². The molecule has 4 aromatic rings. The second kappa shape index (κ2) is 10.5. The summed E-state index contributed by atoms with van der Waals surface area (Å²) in [6.45, 7) is 2.20. The Kier molecular flexibility index (Phi) is 7.43. The molecule has 0 saturated heterocycles. The van der Waals surface area contributed by atoms with E-state index >= 15 is 0 Å². The number of H-pyrrole nitrogens is 1. The van der Waals surface area contributed by atoms with Gasteiger partial charge in [0.05, 0.1) is 28.8 Å². The molecule has 0 aliphatic heterocycles. The fraction of sp³-hybridized carbons (Fsp3) is 0.217. The quantitative estimate of drug-likeness (QED) is 0.189. The van der Waals surface area contributed by atoms with Crippen molar-refractivity contribution in [2.75, 3.05) is 19.4 Å². The number of nitrogens with one attached hydrogen (secondary N) is 3. The summed E-state index contributed by atoms with van der Waals surface area (Å²) < 4.78 is 29.7. The molecule has 2 aromatic carbocycles. The number of hydrogen-bond acceptors (Lipinski definition) is 8. The number of carbonyl (C=O) groups is 1. The molecule has 0 spiro atoms. The number of primary sulfonamides is 1. The number of aromatic amines is 1. The number of benzene rings is 2. The van der Waals surface area contributed by atoms with Gasteiger partial charge in [-0.1, -0.05) is 30.0 Å². The highest BCUT2D eigenvalue weighted by Gasteiger charge is 2.17. The number of rotatable bonds is 9. The van der Waals surface area contributed by atoms with Crippen LogP contribution < -0.4 is 20.7 Å². The molecular weight excluding hydrogens is 502 g/mol. The number of aryl methyl sites for hydroxylation is 1. The number of aromatic nitrogens is 4. The molecule has 0 unspecified atom stereocenters. The fourth-order valence-corrected chi connectivity index (χ4v) is 4.94. The van der Waals surface area contributed by atoms with Crippen molar-refractivity contribution in [3.63, 3.8) is 0 Å². The minimum absolute atomic E-state index is 0.0429. The Hall–Kier alpha value is -3.68. The van der Waals surface area contributed by atoms with Crippen molar-refractivity contribution in [1.29, 1.82) is 5.41 Å². The molecule has 11 nitrogen and oxygen atoms in total. The Bertz CT molecular complexity index is 1580. The lowest BCUT2D eigenvalue weighted by atomic mass is 10.1. The number of hydrogen-bond donors (Lipinski definition) is 4. The van der Waals surface area contributed by atoms with E-state index < -0.39 is 10.0 Å². The van der Waals surface area contributed by atoms with Gasteiger partial charge in [-0.05, 0) is 43.2 Å². The Morgan fingerprint density at radius 3 is 2.69 bits per heavy atom. The van der Waals surface area contributed by atoms with Crippen molar-refractivity contribution >= 4 is 38.7 Å². The predicted molar refractivity (Wildman–Crippen MR) is 136 cm³/mol. The Labute approximate surface area is 211 Å². The first-order chi connectivity index (χ1) is 17.2. The molecular formula is C23H25N7O4S2. The second-order valence-corrected chi connectivity index (χ2v) is 10.4. The van der Waals surface area contributed by atoms with E-state index in [0.29, 0.717) is 40.6 Å². The third kappa shape index (κ3) is 5.58. The summed E-state index contributed by atoms with van der Waals surface area (Å²) in [6, 6.07) is 13.5. The van der Waals surface area contributed by atoms with Crippen LogP contribution in [0.3, 0.4) is 0 Å². The van der Waals surface area contributed by atoms with Crippen molar-refractivity contribution in [3.8, 4) is 11.4 Å². The molecule has 2 heterocycles. The van der Waals surface area contributed by atoms with Gasteiger partial charge in [-0.3, -0.25) is 19.9 Å². The van der Waals surface area contributed by atoms with Crippen LogP contribution in [0.15, 0.2) is 58.6 Å². The fourth-order valence-electron chi connectivity index (χ4n) is 3.59. The Balaban J connectivity index is 1.48. The summed E-state index contributed by atoms with van der Waals surface area (Å²) >= 11 is 1.20. The third-order valence-corrected chi connectivity index (χ3v) is 7.28. The maximum atomic E-state index is 12.5. The number of amides is 1. The number of nitrogens with two attached hydrogens (primary N) is 1. The lowest BCUT2D eigenvalue weighted by Gasteiger charge is -2.14. The smallest absolute Gasteiger partial charge is 0.238 e. The number of fused-ring (bicyclic) bond motifs is 1. The van der Waals surface area contributed by atoms with Crippen LogP contribution in [0.5, 0.6) is 5.75 Å². The predicted octanol–water partition coefficient (Wildman–Crippen LogP) is 1.64. The molecule has 0 aliphatic carbocycles. The van der Waals surface area contributed by atoms with Crippen LogP contribution in [-0.4, -0.2) is 53.5 Å². The zero-order chi connectivity index (χ0) is 25.9. The summed E-state index contributed by atoms with van der Waals surface area (Å²) in [5.41, 5.74) is 2.88. The molecule has 0 fully saturated rings. The van der Waals surface area contributed by atoms with Crippen molar-refractivity contribution < 1.29 is 17.9 Å². The van der Waals surface area contributed by atoms with Crippen LogP contribution in [-0.2, 0) is 21.2 Å². The number of thioether (sulfide) groups is 1. The van der Waals surface area contributed by atoms with E-state index in [-0.39, 0.29) is 22.0 Å². The zero-order valence-corrected chi connectivity index (χ0v) is 21.2. The highest BCUT2D eigenvalue weighted by atomic mass is 32.2. The van der Waals surface area contributed by atoms with E-state index in [1.807, 2.05) is 25.1 Å². The van der Waals surface area contributed by atoms with Crippen LogP contribution in [0, 0.1) is 12.3 Å². The van der Waals surface area contributed by atoms with Gasteiger partial charge >= 0.3 is 0 Å². The van der Waals surface area contributed by atoms with Gasteiger partial charge in [0, 0.05) is 18.3 Å². The monoisotopic (exact) mass is 527 g/mol. The van der Waals surface area contributed by atoms with Crippen molar-refractivity contribution in [3.05, 3.63) is 65.3 Å². The normalized spacial score (nSPS) is 11.5. The first-order valence-electron chi connectivity index (χ1n) is 10.9. The number of nitrogens with zero attached hydrogens (tertiary/aromatic N) is 3. The Morgan fingerprint density at radius 1 is 1.25 bits per heavy atom. The first-order valence-corrected chi connectivity index (χ1v) is 13.4. The van der Waals surface area contributed by atoms with Crippen LogP contribution in [0.1, 0.15) is 11.3 Å². The minimum atomic E-state index is -3.74. The number of ether oxygens (including phenoxy) is 1. The van der Waals surface area contributed by atoms with E-state index in [4.69, 9.17) is 15.3 Å². The SMILES string of the molecule is COc1cccc(-n2c(SCC(=O)NCCc3ccc(S(N)(=O)=O)cc3)nc3n[nH]c(C)c3c2=N)c1. The standard InChI is InChI=1S/C23H25N7O4S2/c1-14-20-21(24)30(16-4-3-5-17(12-16)34-2)23(27-22(20)29-28-14)35-13-19(31)26-11-10-15-6-8-18(9-7-15)36(25,32)33/h3-9,12,24H,10-11,13H2,1-2H3,(H,26,31)(H,28,29)(H2,25,32,33). The molecule has 13 heteroatoms. The van der Waals surface area contributed by atoms with Gasteiger partial charge in [-0.25, -0.2) is 18.5 Å². The molecule has 0 radical (unpaired) electrons. The molecule has 36 heavy (non-hydrogen) atoms. The van der Waals surface area contributed by atoms with Gasteiger partial charge in [-0.15, -0.1) is 0 Å². The van der Waals surface area contributed by atoms with Gasteiger partial charge < -0.3 is 10.1 Å². The summed E-state index contributed by atoms with van der Waals surface area (Å²) in [5.74, 6) is 0.509. The van der Waals surface area contributed by atoms with Crippen LogP contribution in [0.4, 0.5) is 0 Å². The molecule has 4 rings (SSSR count). The van der Waals surface area contributed by atoms with Gasteiger partial charge in [0.25, 0.3) is 0 Å². The largest absolute Gasteiger partial charge is 0.497 e. The van der Waals surface area contributed by atoms with Gasteiger partial charge in [0.2, 0.25) is 15.9 Å². The van der Waals surface area contributed by atoms with Crippen LogP contribution in [0.2, 0.25) is 0 Å². The van der Waals surface area contributed by atoms with Crippen molar-refractivity contribution in [2.45, 2.75) is 23.4 Å². The number of carbonyl (C=O) groups excluding carboxylic acids is 1. The lowest BCUT2D eigenvalue weighted by molar-refractivity contribution is -0.118. The third-order valence-electron chi connectivity index (χ3n) is 5.41. The zero-order valence-electron chi connectivity index (χ0n) is 19.6. The Morgan fingerprint density at radius 2 is 2.00 bits per heavy atom. The van der Waals surface area contributed by atoms with E-state index in [0.717, 1.165) is 11.3 Å². The summed E-state index contributed by atoms with van der Waals surface area (Å²) in [4.78, 5) is 17.2. The maximum absolute atomic E-state index is 12.5. The molecule has 1 amide bonds. The molecule has 0 saturated carbocycles. The second-order valence-electron chi connectivity index (χ2n) is 7.90. The van der Waals surface area contributed by atoms with Gasteiger partial charge in [-0.2, -0.15) is 5.10 Å². The molecule has 0 atom stereocenters. The van der Waals surface area contributed by atoms with E-state index in [2.05, 4.69) is 20.5 Å². The van der Waals surface area contributed by atoms with Crippen LogP contribution >= 0.6 is 11.8 Å². The first kappa shape index (κ1) is 25.4. The van der Waals surface area contributed by atoms with Crippen molar-refractivity contribution in [2.24, 2.45) is 5.14 Å². The topological polar surface area (TPSA) is 169 Å². The summed E-state index contributed by atoms with van der Waals surface area (Å²) in [5, 5.41) is 24.9. The number of sulfonamides is 1.